The molecule has 1 aliphatic heterocycles. The smallest absolute Gasteiger partial charge is 0.267 e. The molecular formula is C43H46ClN11O5S3. The fraction of sp³-hybridized carbons (Fsp3) is 0.326. The maximum Gasteiger partial charge on any atom is 0.267 e. The highest BCUT2D eigenvalue weighted by atomic mass is 35.5. The molecule has 7 rings (SSSR count). The van der Waals surface area contributed by atoms with E-state index >= 15 is 0 Å². The van der Waals surface area contributed by atoms with Gasteiger partial charge in [0.2, 0.25) is 5.91 Å². The Bertz CT molecular complexity index is 2550. The molecule has 2 aromatic carbocycles. The molecule has 4 aromatic heterocycles. The van der Waals surface area contributed by atoms with Crippen molar-refractivity contribution in [3.63, 3.8) is 0 Å². The number of hydrogen-bond acceptors (Lipinski definition) is 17. The number of pyridine rings is 1. The van der Waals surface area contributed by atoms with Gasteiger partial charge in [-0.15, -0.1) is 24.0 Å². The Kier molecular flexibility index (Phi) is 16.0. The first-order valence-electron chi connectivity index (χ1n) is 20.2. The lowest BCUT2D eigenvalue weighted by Crippen LogP contribution is -2.50. The summed E-state index contributed by atoms with van der Waals surface area (Å²) in [6.07, 6.45) is 8.41. The summed E-state index contributed by atoms with van der Waals surface area (Å²) in [5, 5.41) is 17.8. The quantitative estimate of drug-likeness (QED) is 0.0202. The fourth-order valence-electron chi connectivity index (χ4n) is 6.70. The van der Waals surface area contributed by atoms with Gasteiger partial charge in [0.1, 0.15) is 28.9 Å². The molecule has 1 saturated heterocycles. The number of ether oxygens (including phenoxy) is 1. The first-order chi connectivity index (χ1) is 30.6. The van der Waals surface area contributed by atoms with Crippen molar-refractivity contribution in [1.82, 2.24) is 35.1 Å². The SMILES string of the molecule is Cc1nc(Nc2ncc(C(=O)Nc3c(C)cccc3Cl)s2)cc(N2CCN(CC(=O)NCCOCCO/N=C/c3cc(S)c4ncc(C(=O)CCCc5nccs5)cc4c3)CC2)n1. The average molecular weight is 929 g/mol. The van der Waals surface area contributed by atoms with Crippen LogP contribution in [0.2, 0.25) is 5.02 Å². The Morgan fingerprint density at radius 1 is 1.00 bits per heavy atom. The molecule has 328 valence electrons. The van der Waals surface area contributed by atoms with E-state index < -0.39 is 0 Å². The third kappa shape index (κ3) is 13.0. The van der Waals surface area contributed by atoms with Crippen LogP contribution in [0.1, 0.15) is 54.8 Å². The normalized spacial score (nSPS) is 13.1. The summed E-state index contributed by atoms with van der Waals surface area (Å²) in [4.78, 5) is 71.5. The molecule has 0 radical (unpaired) electrons. The topological polar surface area (TPSA) is 189 Å². The predicted octanol–water partition coefficient (Wildman–Crippen LogP) is 7.00. The molecule has 16 nitrogen and oxygen atoms in total. The van der Waals surface area contributed by atoms with Gasteiger partial charge >= 0.3 is 0 Å². The third-order valence-corrected chi connectivity index (χ3v) is 12.3. The maximum atomic E-state index is 12.9. The number of thiol groups is 1. The Balaban J connectivity index is 0.769. The number of rotatable bonds is 20. The summed E-state index contributed by atoms with van der Waals surface area (Å²) in [6, 6.07) is 12.9. The molecule has 0 spiro atoms. The van der Waals surface area contributed by atoms with Crippen LogP contribution in [-0.4, -0.2) is 113 Å². The van der Waals surface area contributed by atoms with E-state index in [0.29, 0.717) is 101 Å². The molecule has 0 aliphatic carbocycles. The van der Waals surface area contributed by atoms with Gasteiger partial charge in [0.25, 0.3) is 5.91 Å². The van der Waals surface area contributed by atoms with Gasteiger partial charge in [0, 0.05) is 78.8 Å². The molecule has 2 amide bonds. The highest BCUT2D eigenvalue weighted by Gasteiger charge is 2.21. The molecule has 63 heavy (non-hydrogen) atoms. The molecule has 3 N–H and O–H groups in total. The Labute approximate surface area is 382 Å². The third-order valence-electron chi connectivity index (χ3n) is 9.86. The van der Waals surface area contributed by atoms with Gasteiger partial charge in [0.05, 0.1) is 53.4 Å². The van der Waals surface area contributed by atoms with Crippen LogP contribution in [0.15, 0.2) is 76.5 Å². The summed E-state index contributed by atoms with van der Waals surface area (Å²) >= 11 is 13.7. The molecule has 0 saturated carbocycles. The minimum absolute atomic E-state index is 0.0397. The van der Waals surface area contributed by atoms with Crippen LogP contribution < -0.4 is 20.9 Å². The van der Waals surface area contributed by atoms with Gasteiger partial charge < -0.3 is 30.4 Å². The van der Waals surface area contributed by atoms with Crippen molar-refractivity contribution < 1.29 is 24.0 Å². The number of fused-ring (bicyclic) bond motifs is 1. The molecule has 1 aliphatic rings. The predicted molar refractivity (Wildman–Crippen MR) is 251 cm³/mol. The number of piperazine rings is 1. The van der Waals surface area contributed by atoms with E-state index in [2.05, 4.69) is 68.5 Å². The van der Waals surface area contributed by atoms with Crippen LogP contribution in [0.5, 0.6) is 0 Å². The van der Waals surface area contributed by atoms with Gasteiger partial charge in [-0.05, 0) is 62.1 Å². The molecule has 20 heteroatoms. The van der Waals surface area contributed by atoms with Gasteiger partial charge in [-0.25, -0.2) is 19.9 Å². The van der Waals surface area contributed by atoms with Gasteiger partial charge in [0.15, 0.2) is 10.9 Å². The van der Waals surface area contributed by atoms with Crippen LogP contribution in [-0.2, 0) is 20.8 Å². The summed E-state index contributed by atoms with van der Waals surface area (Å²) < 4.78 is 5.62. The van der Waals surface area contributed by atoms with E-state index in [1.54, 1.807) is 36.0 Å². The largest absolute Gasteiger partial charge is 0.393 e. The molecule has 5 heterocycles. The second kappa shape index (κ2) is 22.2. The highest BCUT2D eigenvalue weighted by molar-refractivity contribution is 7.80. The van der Waals surface area contributed by atoms with E-state index in [4.69, 9.17) is 21.2 Å². The summed E-state index contributed by atoms with van der Waals surface area (Å²) in [6.45, 7) is 7.96. The minimum atomic E-state index is -0.300. The van der Waals surface area contributed by atoms with E-state index in [1.165, 1.54) is 17.5 Å². The zero-order chi connectivity index (χ0) is 44.1. The Morgan fingerprint density at radius 2 is 1.86 bits per heavy atom. The van der Waals surface area contributed by atoms with Crippen LogP contribution in [0.3, 0.4) is 0 Å². The van der Waals surface area contributed by atoms with Crippen molar-refractivity contribution in [1.29, 1.82) is 0 Å². The summed E-state index contributed by atoms with van der Waals surface area (Å²) in [5.41, 5.74) is 3.46. The number of nitrogens with zero attached hydrogens (tertiary/aromatic N) is 8. The maximum absolute atomic E-state index is 12.9. The second-order valence-corrected chi connectivity index (χ2v) is 17.4. The monoisotopic (exact) mass is 927 g/mol. The number of para-hydroxylation sites is 1. The zero-order valence-corrected chi connectivity index (χ0v) is 38.0. The first kappa shape index (κ1) is 45.5. The summed E-state index contributed by atoms with van der Waals surface area (Å²) in [7, 11) is 0. The molecular weight excluding hydrogens is 882 g/mol. The van der Waals surface area contributed by atoms with Crippen molar-refractivity contribution in [3.05, 3.63) is 104 Å². The Hall–Kier alpha value is -5.57. The highest BCUT2D eigenvalue weighted by Crippen LogP contribution is 2.29. The van der Waals surface area contributed by atoms with E-state index in [9.17, 15) is 14.4 Å². The number of aromatic nitrogens is 5. The number of amides is 2. The lowest BCUT2D eigenvalue weighted by atomic mass is 10.0. The van der Waals surface area contributed by atoms with Gasteiger partial charge in [-0.2, -0.15) is 0 Å². The molecule has 0 atom stereocenters. The number of hydrogen-bond donors (Lipinski definition) is 4. The number of carbonyl (C=O) groups is 3. The summed E-state index contributed by atoms with van der Waals surface area (Å²) in [5.74, 6) is 1.58. The Morgan fingerprint density at radius 3 is 2.67 bits per heavy atom. The van der Waals surface area contributed by atoms with Crippen molar-refractivity contribution >= 4 is 104 Å². The number of halogens is 1. The van der Waals surface area contributed by atoms with Crippen molar-refractivity contribution in [2.75, 3.05) is 74.6 Å². The van der Waals surface area contributed by atoms with Crippen LogP contribution in [0.25, 0.3) is 10.9 Å². The fourth-order valence-corrected chi connectivity index (χ4v) is 8.68. The number of oxime groups is 1. The van der Waals surface area contributed by atoms with Crippen LogP contribution >= 0.6 is 46.9 Å². The lowest BCUT2D eigenvalue weighted by Gasteiger charge is -2.35. The van der Waals surface area contributed by atoms with Gasteiger partial charge in [-0.3, -0.25) is 24.3 Å². The first-order valence-corrected chi connectivity index (χ1v) is 22.8. The number of anilines is 4. The number of aryl methyl sites for hydroxylation is 3. The number of benzene rings is 2. The molecule has 1 fully saturated rings. The second-order valence-electron chi connectivity index (χ2n) is 14.5. The number of Topliss-reactive ketones (excluding diaryl/α,β-unsaturated/α-hetero) is 1. The number of carbonyl (C=O) groups excluding carboxylic acids is 3. The standard InChI is InChI=1S/C43H46ClN11O5S3/c1-27-5-3-6-32(44)40(27)53-42(58)35-25-48-43(63-35)52-36-22-37(51-28(2)50-36)55-13-11-54(12-14-55)26-38(57)45-9-15-59-16-17-60-49-23-29-19-30-21-31(24-47-41(30)34(61)20-29)33(56)7-4-8-39-46-10-18-62-39/h3,5-6,10,18-25,61H,4,7-9,11-17,26H2,1-2H3,(H,45,57)(H,53,58)(H,48,50,51,52)/b49-23+. The van der Waals surface area contributed by atoms with Crippen molar-refractivity contribution in [2.24, 2.45) is 5.16 Å². The number of ketones is 1. The minimum Gasteiger partial charge on any atom is -0.393 e. The zero-order valence-electron chi connectivity index (χ0n) is 34.7. The molecule has 0 unspecified atom stereocenters. The van der Waals surface area contributed by atoms with E-state index in [0.717, 1.165) is 40.2 Å². The van der Waals surface area contributed by atoms with Crippen molar-refractivity contribution in [3.8, 4) is 0 Å². The van der Waals surface area contributed by atoms with E-state index in [-0.39, 0.29) is 30.7 Å². The van der Waals surface area contributed by atoms with Crippen molar-refractivity contribution in [2.45, 2.75) is 38.0 Å². The van der Waals surface area contributed by atoms with Gasteiger partial charge in [-0.1, -0.05) is 40.2 Å². The number of thiazole rings is 2. The number of nitrogens with one attached hydrogen (secondary N) is 3. The lowest BCUT2D eigenvalue weighted by molar-refractivity contribution is -0.122. The van der Waals surface area contributed by atoms with Crippen LogP contribution in [0, 0.1) is 13.8 Å². The van der Waals surface area contributed by atoms with Crippen LogP contribution in [0.4, 0.5) is 22.5 Å². The average Bonchev–Trinajstić information content (AvgIpc) is 3.97. The van der Waals surface area contributed by atoms with E-state index in [1.807, 2.05) is 55.6 Å². The molecule has 6 aromatic rings. The molecule has 0 bridgehead atoms.